The van der Waals surface area contributed by atoms with Gasteiger partial charge in [0.15, 0.2) is 5.82 Å². The zero-order valence-corrected chi connectivity index (χ0v) is 18.4. The summed E-state index contributed by atoms with van der Waals surface area (Å²) in [4.78, 5) is 0.164. The molecule has 1 heterocycles. The number of aromatic nitrogens is 2. The van der Waals surface area contributed by atoms with Gasteiger partial charge >= 0.3 is 0 Å². The maximum absolute atomic E-state index is 12.8. The van der Waals surface area contributed by atoms with E-state index < -0.39 is 10.0 Å². The second-order valence-electron chi connectivity index (χ2n) is 6.09. The van der Waals surface area contributed by atoms with E-state index in [-0.39, 0.29) is 10.7 Å². The van der Waals surface area contributed by atoms with Crippen LogP contribution in [0.2, 0.25) is 10.0 Å². The Morgan fingerprint density at radius 1 is 1.11 bits per heavy atom. The molecule has 0 aliphatic rings. The molecule has 0 spiro atoms. The summed E-state index contributed by atoms with van der Waals surface area (Å²) in [5, 5.41) is 5.47. The molecule has 0 amide bonds. The Hall–Kier alpha value is -1.54. The van der Waals surface area contributed by atoms with Crippen LogP contribution in [0, 0.1) is 13.8 Å². The highest BCUT2D eigenvalue weighted by atomic mass is 79.9. The highest BCUT2D eigenvalue weighted by Crippen LogP contribution is 2.28. The zero-order valence-electron chi connectivity index (χ0n) is 14.5. The van der Waals surface area contributed by atoms with Gasteiger partial charge in [0.05, 0.1) is 15.9 Å². The highest BCUT2D eigenvalue weighted by Gasteiger charge is 2.21. The summed E-state index contributed by atoms with van der Waals surface area (Å²) >= 11 is 15.6. The Morgan fingerprint density at radius 2 is 1.81 bits per heavy atom. The number of sulfonamides is 1. The fourth-order valence-electron chi connectivity index (χ4n) is 2.57. The summed E-state index contributed by atoms with van der Waals surface area (Å²) < 4.78 is 30.3. The van der Waals surface area contributed by atoms with Crippen molar-refractivity contribution < 1.29 is 8.42 Å². The smallest absolute Gasteiger partial charge is 0.263 e. The molecular formula is C18H16BrCl2N3O2S. The molecule has 0 aliphatic heterocycles. The number of hydrogen-bond donors (Lipinski definition) is 1. The first-order valence-corrected chi connectivity index (χ1v) is 11.0. The molecule has 142 valence electrons. The summed E-state index contributed by atoms with van der Waals surface area (Å²) in [7, 11) is -3.81. The van der Waals surface area contributed by atoms with Gasteiger partial charge < -0.3 is 0 Å². The fourth-order valence-corrected chi connectivity index (χ4v) is 4.86. The van der Waals surface area contributed by atoms with E-state index in [0.717, 1.165) is 5.56 Å². The zero-order chi connectivity index (χ0) is 19.8. The Balaban J connectivity index is 1.89. The molecule has 0 unspecified atom stereocenters. The van der Waals surface area contributed by atoms with Crippen molar-refractivity contribution in [1.29, 1.82) is 0 Å². The molecule has 0 saturated heterocycles. The van der Waals surface area contributed by atoms with E-state index in [4.69, 9.17) is 23.2 Å². The van der Waals surface area contributed by atoms with Crippen molar-refractivity contribution in [2.75, 3.05) is 4.72 Å². The molecule has 5 nitrogen and oxygen atoms in total. The Labute approximate surface area is 176 Å². The third kappa shape index (κ3) is 4.48. The number of anilines is 1. The van der Waals surface area contributed by atoms with E-state index in [2.05, 4.69) is 25.8 Å². The summed E-state index contributed by atoms with van der Waals surface area (Å²) in [5.74, 6) is 0.203. The third-order valence-corrected chi connectivity index (χ3v) is 6.82. The number of nitrogens with zero attached hydrogens (tertiary/aromatic N) is 2. The molecule has 3 rings (SSSR count). The van der Waals surface area contributed by atoms with E-state index >= 15 is 0 Å². The molecule has 3 aromatic rings. The van der Waals surface area contributed by atoms with Crippen molar-refractivity contribution >= 4 is 55.0 Å². The summed E-state index contributed by atoms with van der Waals surface area (Å²) in [6, 6.07) is 10.6. The minimum atomic E-state index is -3.81. The molecule has 27 heavy (non-hydrogen) atoms. The van der Waals surface area contributed by atoms with E-state index in [1.54, 1.807) is 42.9 Å². The maximum Gasteiger partial charge on any atom is 0.263 e. The molecule has 0 fully saturated rings. The molecule has 1 aromatic heterocycles. The van der Waals surface area contributed by atoms with Crippen LogP contribution in [0.1, 0.15) is 16.7 Å². The Morgan fingerprint density at radius 3 is 2.52 bits per heavy atom. The molecule has 0 radical (unpaired) electrons. The average Bonchev–Trinajstić information content (AvgIpc) is 2.91. The topological polar surface area (TPSA) is 64.0 Å². The Bertz CT molecular complexity index is 1110. The first-order valence-electron chi connectivity index (χ1n) is 7.93. The average molecular weight is 489 g/mol. The van der Waals surface area contributed by atoms with Gasteiger partial charge in [-0.2, -0.15) is 5.10 Å². The lowest BCUT2D eigenvalue weighted by Crippen LogP contribution is -2.15. The van der Waals surface area contributed by atoms with Crippen LogP contribution in [0.4, 0.5) is 5.82 Å². The number of aryl methyl sites for hydroxylation is 2. The van der Waals surface area contributed by atoms with Gasteiger partial charge in [-0.05, 0) is 64.7 Å². The van der Waals surface area contributed by atoms with Crippen LogP contribution in [0.3, 0.4) is 0 Å². The van der Waals surface area contributed by atoms with E-state index in [9.17, 15) is 8.42 Å². The lowest BCUT2D eigenvalue weighted by Gasteiger charge is -2.11. The number of benzene rings is 2. The second kappa shape index (κ2) is 7.83. The molecule has 0 atom stereocenters. The van der Waals surface area contributed by atoms with Gasteiger partial charge in [0, 0.05) is 16.2 Å². The lowest BCUT2D eigenvalue weighted by atomic mass is 10.2. The molecule has 9 heteroatoms. The van der Waals surface area contributed by atoms with Crippen LogP contribution in [0.5, 0.6) is 0 Å². The van der Waals surface area contributed by atoms with Gasteiger partial charge in [0.1, 0.15) is 0 Å². The van der Waals surface area contributed by atoms with Crippen molar-refractivity contribution in [1.82, 2.24) is 9.78 Å². The summed E-state index contributed by atoms with van der Waals surface area (Å²) in [6.07, 6.45) is 1.70. The predicted molar refractivity (Wildman–Crippen MR) is 112 cm³/mol. The third-order valence-electron chi connectivity index (χ3n) is 3.98. The highest BCUT2D eigenvalue weighted by molar-refractivity contribution is 9.10. The molecule has 0 aliphatic carbocycles. The maximum atomic E-state index is 12.8. The molecule has 1 N–H and O–H groups in total. The monoisotopic (exact) mass is 487 g/mol. The molecular weight excluding hydrogens is 473 g/mol. The number of halogens is 3. The van der Waals surface area contributed by atoms with Crippen molar-refractivity contribution in [2.24, 2.45) is 0 Å². The number of hydrogen-bond acceptors (Lipinski definition) is 3. The first-order chi connectivity index (χ1) is 12.7. The number of nitrogens with one attached hydrogen (secondary N) is 1. The van der Waals surface area contributed by atoms with E-state index in [1.165, 1.54) is 0 Å². The normalized spacial score (nSPS) is 11.6. The van der Waals surface area contributed by atoms with Gasteiger partial charge in [0.25, 0.3) is 10.0 Å². The van der Waals surface area contributed by atoms with Crippen LogP contribution in [0.25, 0.3) is 0 Å². The number of rotatable bonds is 5. The van der Waals surface area contributed by atoms with Crippen LogP contribution >= 0.6 is 39.1 Å². The van der Waals surface area contributed by atoms with Crippen molar-refractivity contribution in [2.45, 2.75) is 25.3 Å². The van der Waals surface area contributed by atoms with Gasteiger partial charge in [-0.15, -0.1) is 0 Å². The second-order valence-corrected chi connectivity index (χ2v) is 9.41. The van der Waals surface area contributed by atoms with Gasteiger partial charge in [-0.25, -0.2) is 8.42 Å². The predicted octanol–water partition coefficient (Wildman–Crippen LogP) is 5.42. The first kappa shape index (κ1) is 20.2. The minimum absolute atomic E-state index is 0.164. The van der Waals surface area contributed by atoms with E-state index in [1.807, 2.05) is 18.2 Å². The minimum Gasteiger partial charge on any atom is -0.265 e. The lowest BCUT2D eigenvalue weighted by molar-refractivity contribution is 0.600. The standard InChI is InChI=1S/C18H16BrCl2N3O2S/c1-11-8-17(12(2)7-16(11)21)27(25,26)23-18-14(19)10-24(22-18)9-13-5-3-4-6-15(13)20/h3-8,10H,9H2,1-2H3,(H,22,23). The largest absolute Gasteiger partial charge is 0.265 e. The molecule has 2 aromatic carbocycles. The van der Waals surface area contributed by atoms with Gasteiger partial charge in [-0.3, -0.25) is 9.40 Å². The van der Waals surface area contributed by atoms with Crippen LogP contribution in [-0.2, 0) is 16.6 Å². The quantitative estimate of drug-likeness (QED) is 0.521. The Kier molecular flexibility index (Phi) is 5.86. The van der Waals surface area contributed by atoms with Crippen LogP contribution < -0.4 is 4.72 Å². The van der Waals surface area contributed by atoms with Crippen LogP contribution in [-0.4, -0.2) is 18.2 Å². The summed E-state index contributed by atoms with van der Waals surface area (Å²) in [6.45, 7) is 3.87. The van der Waals surface area contributed by atoms with E-state index in [0.29, 0.717) is 32.2 Å². The summed E-state index contributed by atoms with van der Waals surface area (Å²) in [5.41, 5.74) is 2.13. The van der Waals surface area contributed by atoms with Crippen molar-refractivity contribution in [3.05, 3.63) is 73.8 Å². The molecule has 0 bridgehead atoms. The SMILES string of the molecule is Cc1cc(S(=O)(=O)Nc2nn(Cc3ccccc3Cl)cc2Br)c(C)cc1Cl. The van der Waals surface area contributed by atoms with Gasteiger partial charge in [-0.1, -0.05) is 41.4 Å². The van der Waals surface area contributed by atoms with Crippen molar-refractivity contribution in [3.8, 4) is 0 Å². The van der Waals surface area contributed by atoms with Crippen molar-refractivity contribution in [3.63, 3.8) is 0 Å². The van der Waals surface area contributed by atoms with Gasteiger partial charge in [0.2, 0.25) is 0 Å². The van der Waals surface area contributed by atoms with Crippen LogP contribution in [0.15, 0.2) is 52.0 Å². The fraction of sp³-hybridized carbons (Fsp3) is 0.167. The molecule has 0 saturated carbocycles.